The molecule has 0 atom stereocenters. The van der Waals surface area contributed by atoms with Crippen LogP contribution in [0.1, 0.15) is 39.5 Å². The van der Waals surface area contributed by atoms with Crippen molar-refractivity contribution in [1.82, 2.24) is 19.0 Å². The number of anilines is 1. The standard InChI is InChI=1S/C17H21N5O3S/c1-3-8-17(9-4-2)15(24)22(16(25)19-17)10-13(23)18-11-6-5-7-12-14(11)21-26-20-12/h5-7H,3-4,8-10H2,1-2H3,(H,18,23)(H,19,25). The summed E-state index contributed by atoms with van der Waals surface area (Å²) in [6, 6.07) is 4.77. The predicted molar refractivity (Wildman–Crippen MR) is 98.8 cm³/mol. The number of imide groups is 1. The average molecular weight is 375 g/mol. The van der Waals surface area contributed by atoms with E-state index in [0.717, 1.165) is 29.5 Å². The first kappa shape index (κ1) is 18.2. The summed E-state index contributed by atoms with van der Waals surface area (Å²) in [7, 11) is 0. The molecule has 1 aliphatic rings. The molecule has 0 unspecified atom stereocenters. The third-order valence-corrected chi connectivity index (χ3v) is 5.00. The van der Waals surface area contributed by atoms with Crippen molar-refractivity contribution in [2.45, 2.75) is 45.1 Å². The number of urea groups is 1. The van der Waals surface area contributed by atoms with Crippen LogP contribution in [0.15, 0.2) is 18.2 Å². The van der Waals surface area contributed by atoms with Crippen LogP contribution in [0.2, 0.25) is 0 Å². The monoisotopic (exact) mass is 375 g/mol. The second kappa shape index (κ2) is 7.36. The number of hydrogen-bond acceptors (Lipinski definition) is 6. The molecule has 0 bridgehead atoms. The van der Waals surface area contributed by atoms with E-state index in [1.54, 1.807) is 18.2 Å². The van der Waals surface area contributed by atoms with Crippen LogP contribution < -0.4 is 10.6 Å². The fourth-order valence-corrected chi connectivity index (χ4v) is 3.93. The Balaban J connectivity index is 1.74. The van der Waals surface area contributed by atoms with Crippen molar-refractivity contribution < 1.29 is 14.4 Å². The average Bonchev–Trinajstić information content (AvgIpc) is 3.16. The van der Waals surface area contributed by atoms with Crippen LogP contribution in [0.4, 0.5) is 10.5 Å². The van der Waals surface area contributed by atoms with Gasteiger partial charge in [0.15, 0.2) is 0 Å². The van der Waals surface area contributed by atoms with Gasteiger partial charge in [-0.15, -0.1) is 0 Å². The first-order chi connectivity index (χ1) is 12.5. The Kier molecular flexibility index (Phi) is 5.17. The summed E-state index contributed by atoms with van der Waals surface area (Å²) in [5.41, 5.74) is 0.906. The molecule has 0 saturated carbocycles. The summed E-state index contributed by atoms with van der Waals surface area (Å²) in [5.74, 6) is -0.771. The number of hydrogen-bond donors (Lipinski definition) is 2. The van der Waals surface area contributed by atoms with Gasteiger partial charge in [-0.25, -0.2) is 4.79 Å². The van der Waals surface area contributed by atoms with Crippen molar-refractivity contribution >= 4 is 46.3 Å². The van der Waals surface area contributed by atoms with Crippen molar-refractivity contribution in [3.8, 4) is 0 Å². The van der Waals surface area contributed by atoms with Crippen LogP contribution in [-0.4, -0.2) is 43.6 Å². The third kappa shape index (κ3) is 3.26. The maximum Gasteiger partial charge on any atom is 0.325 e. The molecule has 1 saturated heterocycles. The number of aromatic nitrogens is 2. The van der Waals surface area contributed by atoms with E-state index in [1.165, 1.54) is 0 Å². The number of amides is 4. The lowest BCUT2D eigenvalue weighted by atomic mass is 9.88. The van der Waals surface area contributed by atoms with E-state index in [9.17, 15) is 14.4 Å². The van der Waals surface area contributed by atoms with Crippen LogP contribution in [0.5, 0.6) is 0 Å². The zero-order chi connectivity index (χ0) is 18.7. The number of benzene rings is 1. The molecule has 2 heterocycles. The van der Waals surface area contributed by atoms with Gasteiger partial charge in [-0.05, 0) is 25.0 Å². The molecule has 3 rings (SSSR count). The third-order valence-electron chi connectivity index (χ3n) is 4.46. The molecular formula is C17H21N5O3S. The Labute approximate surface area is 155 Å². The molecule has 1 aliphatic heterocycles. The van der Waals surface area contributed by atoms with Crippen molar-refractivity contribution in [3.05, 3.63) is 18.2 Å². The van der Waals surface area contributed by atoms with E-state index in [-0.39, 0.29) is 12.5 Å². The summed E-state index contributed by atoms with van der Waals surface area (Å²) >= 11 is 1.06. The number of fused-ring (bicyclic) bond motifs is 1. The molecule has 2 aromatic rings. The fraction of sp³-hybridized carbons (Fsp3) is 0.471. The van der Waals surface area contributed by atoms with Crippen LogP contribution >= 0.6 is 11.7 Å². The zero-order valence-electron chi connectivity index (χ0n) is 14.7. The van der Waals surface area contributed by atoms with E-state index in [1.807, 2.05) is 13.8 Å². The van der Waals surface area contributed by atoms with E-state index >= 15 is 0 Å². The fourth-order valence-electron chi connectivity index (χ4n) is 3.38. The molecule has 4 amide bonds. The van der Waals surface area contributed by atoms with E-state index in [0.29, 0.717) is 29.6 Å². The van der Waals surface area contributed by atoms with Gasteiger partial charge in [-0.3, -0.25) is 14.5 Å². The van der Waals surface area contributed by atoms with Crippen molar-refractivity contribution in [2.75, 3.05) is 11.9 Å². The minimum Gasteiger partial charge on any atom is -0.323 e. The Morgan fingerprint density at radius 2 is 1.96 bits per heavy atom. The molecule has 9 heteroatoms. The molecule has 1 aromatic carbocycles. The second-order valence-corrected chi connectivity index (χ2v) is 6.92. The van der Waals surface area contributed by atoms with Gasteiger partial charge >= 0.3 is 6.03 Å². The summed E-state index contributed by atoms with van der Waals surface area (Å²) in [6.45, 7) is 3.61. The molecule has 0 radical (unpaired) electrons. The number of carbonyl (C=O) groups excluding carboxylic acids is 3. The highest BCUT2D eigenvalue weighted by Crippen LogP contribution is 2.28. The number of nitrogens with one attached hydrogen (secondary N) is 2. The normalized spacial score (nSPS) is 16.2. The molecule has 8 nitrogen and oxygen atoms in total. The van der Waals surface area contributed by atoms with E-state index < -0.39 is 17.5 Å². The molecule has 138 valence electrons. The largest absolute Gasteiger partial charge is 0.325 e. The Bertz CT molecular complexity index is 844. The summed E-state index contributed by atoms with van der Waals surface area (Å²) in [4.78, 5) is 38.5. The minimum atomic E-state index is -0.889. The first-order valence-electron chi connectivity index (χ1n) is 8.66. The van der Waals surface area contributed by atoms with Gasteiger partial charge < -0.3 is 10.6 Å². The van der Waals surface area contributed by atoms with Gasteiger partial charge in [0.25, 0.3) is 5.91 Å². The number of rotatable bonds is 7. The minimum absolute atomic E-state index is 0.324. The lowest BCUT2D eigenvalue weighted by molar-refractivity contribution is -0.134. The van der Waals surface area contributed by atoms with Crippen molar-refractivity contribution in [2.24, 2.45) is 0 Å². The number of nitrogens with zero attached hydrogens (tertiary/aromatic N) is 3. The Morgan fingerprint density at radius 3 is 2.65 bits per heavy atom. The first-order valence-corrected chi connectivity index (χ1v) is 9.39. The van der Waals surface area contributed by atoms with E-state index in [2.05, 4.69) is 19.4 Å². The van der Waals surface area contributed by atoms with Gasteiger partial charge in [-0.2, -0.15) is 8.75 Å². The van der Waals surface area contributed by atoms with Gasteiger partial charge in [0.1, 0.15) is 23.1 Å². The van der Waals surface area contributed by atoms with Gasteiger partial charge in [0.2, 0.25) is 5.91 Å². The maximum absolute atomic E-state index is 12.8. The van der Waals surface area contributed by atoms with Crippen molar-refractivity contribution in [1.29, 1.82) is 0 Å². The molecule has 1 aromatic heterocycles. The highest BCUT2D eigenvalue weighted by molar-refractivity contribution is 7.00. The molecule has 1 fully saturated rings. The highest BCUT2D eigenvalue weighted by Gasteiger charge is 2.50. The second-order valence-electron chi connectivity index (χ2n) is 6.39. The Hall–Kier alpha value is -2.55. The SMILES string of the molecule is CCCC1(CCC)NC(=O)N(CC(=O)Nc2cccc3nsnc23)C1=O. The van der Waals surface area contributed by atoms with Crippen molar-refractivity contribution in [3.63, 3.8) is 0 Å². The smallest absolute Gasteiger partial charge is 0.323 e. The van der Waals surface area contributed by atoms with Gasteiger partial charge in [0, 0.05) is 0 Å². The Morgan fingerprint density at radius 1 is 1.23 bits per heavy atom. The van der Waals surface area contributed by atoms with Crippen LogP contribution in [0.3, 0.4) is 0 Å². The van der Waals surface area contributed by atoms with Crippen LogP contribution in [0.25, 0.3) is 11.0 Å². The summed E-state index contributed by atoms with van der Waals surface area (Å²) in [5, 5.41) is 5.52. The van der Waals surface area contributed by atoms with E-state index in [4.69, 9.17) is 0 Å². The highest BCUT2D eigenvalue weighted by atomic mass is 32.1. The van der Waals surface area contributed by atoms with Crippen LogP contribution in [-0.2, 0) is 9.59 Å². The predicted octanol–water partition coefficient (Wildman–Crippen LogP) is 2.52. The number of carbonyl (C=O) groups is 3. The molecular weight excluding hydrogens is 354 g/mol. The molecule has 0 spiro atoms. The lowest BCUT2D eigenvalue weighted by Crippen LogP contribution is -2.47. The topological polar surface area (TPSA) is 104 Å². The van der Waals surface area contributed by atoms with Gasteiger partial charge in [0.05, 0.1) is 17.4 Å². The zero-order valence-corrected chi connectivity index (χ0v) is 15.6. The van der Waals surface area contributed by atoms with Crippen LogP contribution in [0, 0.1) is 0 Å². The molecule has 0 aliphatic carbocycles. The molecule has 2 N–H and O–H groups in total. The lowest BCUT2D eigenvalue weighted by Gasteiger charge is -2.25. The van der Waals surface area contributed by atoms with Gasteiger partial charge in [-0.1, -0.05) is 32.8 Å². The summed E-state index contributed by atoms with van der Waals surface area (Å²) in [6.07, 6.45) is 2.66. The quantitative estimate of drug-likeness (QED) is 0.724. The molecule has 26 heavy (non-hydrogen) atoms. The summed E-state index contributed by atoms with van der Waals surface area (Å²) < 4.78 is 8.29. The maximum atomic E-state index is 12.8.